The second kappa shape index (κ2) is 13.4. The molecule has 0 unspecified atom stereocenters. The summed E-state index contributed by atoms with van der Waals surface area (Å²) in [5.41, 5.74) is 0.298. The van der Waals surface area contributed by atoms with E-state index >= 15 is 0 Å². The molecule has 0 bridgehead atoms. The van der Waals surface area contributed by atoms with Crippen molar-refractivity contribution >= 4 is 35.0 Å². The predicted molar refractivity (Wildman–Crippen MR) is 134 cm³/mol. The number of nitrogens with one attached hydrogen (secondary N) is 2. The molecule has 2 rings (SSSR count). The highest BCUT2D eigenvalue weighted by molar-refractivity contribution is 5.86. The van der Waals surface area contributed by atoms with E-state index in [9.17, 15) is 19.2 Å². The summed E-state index contributed by atoms with van der Waals surface area (Å²) in [4.78, 5) is 52.1. The summed E-state index contributed by atoms with van der Waals surface area (Å²) in [7, 11) is 2.50. The van der Waals surface area contributed by atoms with Crippen LogP contribution < -0.4 is 15.5 Å². The molecule has 0 spiro atoms. The van der Waals surface area contributed by atoms with E-state index < -0.39 is 35.7 Å². The number of Topliss-reactive ketones (excluding diaryl/α,β-unsaturated/α-hetero) is 1. The topological polar surface area (TPSA) is 151 Å². The lowest BCUT2D eigenvalue weighted by molar-refractivity contribution is -0.150. The van der Waals surface area contributed by atoms with Crippen molar-refractivity contribution in [3.63, 3.8) is 0 Å². The molecule has 2 atom stereocenters. The number of hydrogen-bond donors (Lipinski definition) is 2. The first-order chi connectivity index (χ1) is 16.1. The van der Waals surface area contributed by atoms with Gasteiger partial charge in [0.1, 0.15) is 17.1 Å². The molecule has 12 nitrogen and oxygen atoms in total. The van der Waals surface area contributed by atoms with Gasteiger partial charge >= 0.3 is 18.2 Å². The summed E-state index contributed by atoms with van der Waals surface area (Å²) in [5.74, 6) is -0.730. The van der Waals surface area contributed by atoms with Crippen molar-refractivity contribution in [3.05, 3.63) is 24.3 Å². The van der Waals surface area contributed by atoms with Crippen LogP contribution in [0.5, 0.6) is 0 Å². The lowest BCUT2D eigenvalue weighted by Gasteiger charge is -2.28. The molecule has 1 aromatic carbocycles. The molecule has 0 aliphatic rings. The van der Waals surface area contributed by atoms with Gasteiger partial charge in [0.05, 0.1) is 20.3 Å². The minimum Gasteiger partial charge on any atom is -0.453 e. The van der Waals surface area contributed by atoms with Gasteiger partial charge in [0.25, 0.3) is 0 Å². The van der Waals surface area contributed by atoms with Gasteiger partial charge in [-0.25, -0.2) is 14.4 Å². The van der Waals surface area contributed by atoms with Crippen LogP contribution in [0.3, 0.4) is 0 Å². The Bertz CT molecular complexity index is 1040. The van der Waals surface area contributed by atoms with Crippen molar-refractivity contribution in [2.24, 2.45) is 10.8 Å². The third-order valence-electron chi connectivity index (χ3n) is 4.77. The van der Waals surface area contributed by atoms with Crippen molar-refractivity contribution in [2.45, 2.75) is 68.0 Å². The number of alkyl carbamates (subject to hydrolysis) is 2. The number of aromatic nitrogens is 3. The first-order valence-corrected chi connectivity index (χ1v) is 10.8. The summed E-state index contributed by atoms with van der Waals surface area (Å²) < 4.78 is 8.96. The van der Waals surface area contributed by atoms with Gasteiger partial charge in [0.15, 0.2) is 5.78 Å². The number of para-hydroxylation sites is 1. The van der Waals surface area contributed by atoms with E-state index in [0.29, 0.717) is 11.0 Å². The van der Waals surface area contributed by atoms with E-state index in [1.54, 1.807) is 45.0 Å². The van der Waals surface area contributed by atoms with Gasteiger partial charge in [-0.3, -0.25) is 4.79 Å². The van der Waals surface area contributed by atoms with Crippen molar-refractivity contribution < 1.29 is 33.5 Å². The molecule has 2 aromatic rings. The molecule has 0 radical (unpaired) electrons. The van der Waals surface area contributed by atoms with Crippen LogP contribution in [0.25, 0.3) is 11.0 Å². The quantitative estimate of drug-likeness (QED) is 0.579. The normalized spacial score (nSPS) is 12.6. The highest BCUT2D eigenvalue weighted by atomic mass is 16.7. The zero-order valence-corrected chi connectivity index (χ0v) is 21.7. The van der Waals surface area contributed by atoms with Gasteiger partial charge in [-0.05, 0) is 35.1 Å². The fourth-order valence-electron chi connectivity index (χ4n) is 2.96. The third kappa shape index (κ3) is 9.51. The number of nitrogens with zero attached hydrogens (tertiary/aromatic N) is 3. The molecule has 0 aliphatic carbocycles. The molecule has 0 saturated heterocycles. The van der Waals surface area contributed by atoms with E-state index in [2.05, 4.69) is 30.4 Å². The highest BCUT2D eigenvalue weighted by Gasteiger charge is 2.35. The number of benzene rings is 1. The lowest BCUT2D eigenvalue weighted by atomic mass is 9.85. The molecule has 36 heavy (non-hydrogen) atoms. The predicted octanol–water partition coefficient (Wildman–Crippen LogP) is 3.14. The molecule has 1 aromatic heterocycles. The van der Waals surface area contributed by atoms with Gasteiger partial charge in [0.2, 0.25) is 0 Å². The Balaban J connectivity index is 0.000000758. The van der Waals surface area contributed by atoms with Crippen molar-refractivity contribution in [1.29, 1.82) is 0 Å². The van der Waals surface area contributed by atoms with Crippen LogP contribution in [0.4, 0.5) is 9.59 Å². The molecule has 2 amide bonds. The lowest BCUT2D eigenvalue weighted by Crippen LogP contribution is -2.52. The average molecular weight is 510 g/mol. The number of rotatable bonds is 5. The van der Waals surface area contributed by atoms with Crippen LogP contribution in [0.1, 0.15) is 55.9 Å². The highest BCUT2D eigenvalue weighted by Crippen LogP contribution is 2.21. The molecule has 1 heterocycles. The van der Waals surface area contributed by atoms with Crippen molar-refractivity contribution in [2.75, 3.05) is 14.2 Å². The van der Waals surface area contributed by atoms with Crippen LogP contribution >= 0.6 is 0 Å². The molecule has 0 saturated carbocycles. The Morgan fingerprint density at radius 2 is 1.33 bits per heavy atom. The average Bonchev–Trinajstić information content (AvgIpc) is 3.16. The standard InChI is InChI=1S/C14H18N4O4.C9H17NO3.CH4/c1-14(2,3)11(15-13(20)21-4)12(19)22-18-10-8-6-5-7-9(10)16-17-18;1-6(11)7(9(2,3)4)10-8(12)13-5;/h5-8,11H,1-4H3,(H,15,20);7H,1-5H3,(H,10,12);1H4/t11-;7-;/m11./s1. The van der Waals surface area contributed by atoms with Gasteiger partial charge < -0.3 is 24.9 Å². The number of methoxy groups -OCH3 is 2. The second-order valence-corrected chi connectivity index (χ2v) is 9.84. The number of fused-ring (bicyclic) bond motifs is 1. The largest absolute Gasteiger partial charge is 0.453 e. The van der Waals surface area contributed by atoms with Gasteiger partial charge in [-0.15, -0.1) is 5.10 Å². The zero-order chi connectivity index (χ0) is 27.0. The molecule has 0 fully saturated rings. The Morgan fingerprint density at radius 3 is 1.78 bits per heavy atom. The third-order valence-corrected chi connectivity index (χ3v) is 4.77. The minimum atomic E-state index is -0.900. The molecule has 0 aliphatic heterocycles. The number of carbonyl (C=O) groups is 4. The smallest absolute Gasteiger partial charge is 0.407 e. The van der Waals surface area contributed by atoms with Crippen LogP contribution in [0.2, 0.25) is 0 Å². The van der Waals surface area contributed by atoms with E-state index in [-0.39, 0.29) is 18.6 Å². The minimum absolute atomic E-state index is 0. The Kier molecular flexibility index (Phi) is 12.0. The van der Waals surface area contributed by atoms with Gasteiger partial charge in [-0.2, -0.15) is 0 Å². The second-order valence-electron chi connectivity index (χ2n) is 9.84. The first kappa shape index (κ1) is 32.3. The summed E-state index contributed by atoms with van der Waals surface area (Å²) in [5, 5.41) is 12.6. The SMILES string of the molecule is C.COC(=O)N[C@H](C(=O)On1nnc2ccccc21)C(C)(C)C.COC(=O)N[C@H](C(C)=O)C(C)(C)C. The van der Waals surface area contributed by atoms with E-state index in [4.69, 9.17) is 4.84 Å². The summed E-state index contributed by atoms with van der Waals surface area (Å²) in [6, 6.07) is 5.66. The number of carbonyl (C=O) groups excluding carboxylic acids is 4. The fourth-order valence-corrected chi connectivity index (χ4v) is 2.96. The molecule has 2 N–H and O–H groups in total. The molecule has 12 heteroatoms. The summed E-state index contributed by atoms with van der Waals surface area (Å²) in [6.45, 7) is 12.5. The summed E-state index contributed by atoms with van der Waals surface area (Å²) >= 11 is 0. The monoisotopic (exact) mass is 509 g/mol. The van der Waals surface area contributed by atoms with Crippen LogP contribution in [-0.4, -0.2) is 65.4 Å². The molecular weight excluding hydrogens is 470 g/mol. The van der Waals surface area contributed by atoms with E-state index in [0.717, 1.165) is 4.85 Å². The van der Waals surface area contributed by atoms with Gasteiger partial charge in [-0.1, -0.05) is 65.9 Å². The van der Waals surface area contributed by atoms with Gasteiger partial charge in [0, 0.05) is 0 Å². The number of hydrogen-bond acceptors (Lipinski definition) is 9. The van der Waals surface area contributed by atoms with Crippen molar-refractivity contribution in [1.82, 2.24) is 25.8 Å². The first-order valence-electron chi connectivity index (χ1n) is 10.8. The zero-order valence-electron chi connectivity index (χ0n) is 21.7. The van der Waals surface area contributed by atoms with Crippen molar-refractivity contribution in [3.8, 4) is 0 Å². The van der Waals surface area contributed by atoms with E-state index in [1.165, 1.54) is 21.1 Å². The Morgan fingerprint density at radius 1 is 0.861 bits per heavy atom. The summed E-state index contributed by atoms with van der Waals surface area (Å²) in [6.07, 6.45) is -1.28. The Hall–Kier alpha value is -3.70. The fraction of sp³-hybridized carbons (Fsp3) is 0.583. The maximum absolute atomic E-state index is 12.4. The maximum atomic E-state index is 12.4. The van der Waals surface area contributed by atoms with Crippen LogP contribution in [0, 0.1) is 10.8 Å². The van der Waals surface area contributed by atoms with Crippen LogP contribution in [0.15, 0.2) is 24.3 Å². The molecule has 202 valence electrons. The number of ketones is 1. The van der Waals surface area contributed by atoms with E-state index in [1.807, 2.05) is 20.8 Å². The molecular formula is C24H39N5O7. The number of amides is 2. The maximum Gasteiger partial charge on any atom is 0.407 e. The number of ether oxygens (including phenoxy) is 2. The Labute approximate surface area is 212 Å². The van der Waals surface area contributed by atoms with Crippen LogP contribution in [-0.2, 0) is 19.1 Å².